The van der Waals surface area contributed by atoms with Crippen LogP contribution >= 0.6 is 0 Å². The molecule has 2 rings (SSSR count). The van der Waals surface area contributed by atoms with Gasteiger partial charge >= 0.3 is 0 Å². The Bertz CT molecular complexity index is 157. The topological polar surface area (TPSA) is 12.5 Å². The summed E-state index contributed by atoms with van der Waals surface area (Å²) in [6.07, 6.45) is 5.89. The third-order valence-electron chi connectivity index (χ3n) is 3.74. The van der Waals surface area contributed by atoms with Crippen LogP contribution in [0.5, 0.6) is 0 Å². The lowest BCUT2D eigenvalue weighted by Gasteiger charge is -2.44. The molecule has 0 unspecified atom stereocenters. The van der Waals surface area contributed by atoms with Crippen LogP contribution in [0.4, 0.5) is 0 Å². The van der Waals surface area contributed by atoms with Crippen LogP contribution < -0.4 is 0 Å². The Balaban J connectivity index is 1.71. The lowest BCUT2D eigenvalue weighted by molar-refractivity contribution is -0.0355. The van der Waals surface area contributed by atoms with Crippen molar-refractivity contribution in [2.75, 3.05) is 20.2 Å². The highest BCUT2D eigenvalue weighted by atomic mass is 16.5. The van der Waals surface area contributed by atoms with Crippen molar-refractivity contribution in [3.8, 4) is 0 Å². The molecule has 2 heteroatoms. The van der Waals surface area contributed by atoms with E-state index in [-0.39, 0.29) is 0 Å². The van der Waals surface area contributed by atoms with Crippen LogP contribution in [0.25, 0.3) is 0 Å². The molecule has 0 aromatic heterocycles. The zero-order valence-corrected chi connectivity index (χ0v) is 8.83. The molecule has 0 spiro atoms. The second kappa shape index (κ2) is 3.97. The van der Waals surface area contributed by atoms with E-state index in [2.05, 4.69) is 11.8 Å². The largest absolute Gasteiger partial charge is 0.381 e. The molecule has 2 nitrogen and oxygen atoms in total. The molecule has 0 radical (unpaired) electrons. The molecular weight excluding hydrogens is 162 g/mol. The number of hydrogen-bond donors (Lipinski definition) is 0. The van der Waals surface area contributed by atoms with Crippen molar-refractivity contribution in [2.24, 2.45) is 5.92 Å². The highest BCUT2D eigenvalue weighted by Gasteiger charge is 2.34. The molecule has 13 heavy (non-hydrogen) atoms. The van der Waals surface area contributed by atoms with Gasteiger partial charge in [0.05, 0.1) is 6.10 Å². The van der Waals surface area contributed by atoms with Crippen LogP contribution in [0.3, 0.4) is 0 Å². The summed E-state index contributed by atoms with van der Waals surface area (Å²) in [5, 5.41) is 0. The van der Waals surface area contributed by atoms with Crippen molar-refractivity contribution in [1.82, 2.24) is 4.90 Å². The zero-order chi connectivity index (χ0) is 9.26. The second-order valence-corrected chi connectivity index (χ2v) is 4.70. The quantitative estimate of drug-likeness (QED) is 0.648. The van der Waals surface area contributed by atoms with Crippen LogP contribution in [-0.4, -0.2) is 37.2 Å². The number of methoxy groups -OCH3 is 1. The first-order valence-electron chi connectivity index (χ1n) is 5.56. The van der Waals surface area contributed by atoms with Crippen molar-refractivity contribution in [2.45, 2.75) is 44.8 Å². The van der Waals surface area contributed by atoms with E-state index in [0.717, 1.165) is 12.0 Å². The van der Waals surface area contributed by atoms with Gasteiger partial charge in [0, 0.05) is 13.2 Å². The number of ether oxygens (including phenoxy) is 1. The van der Waals surface area contributed by atoms with Crippen molar-refractivity contribution >= 4 is 0 Å². The maximum absolute atomic E-state index is 5.30. The van der Waals surface area contributed by atoms with Gasteiger partial charge in [-0.2, -0.15) is 0 Å². The number of rotatable bonds is 2. The van der Waals surface area contributed by atoms with Crippen molar-refractivity contribution < 1.29 is 4.74 Å². The Labute approximate surface area is 81.3 Å². The molecule has 0 aromatic rings. The molecule has 76 valence electrons. The summed E-state index contributed by atoms with van der Waals surface area (Å²) in [6.45, 7) is 5.01. The SMILES string of the molecule is COC1CC(N2CCC(C)CC2)C1. The predicted octanol–water partition coefficient (Wildman–Crippen LogP) is 1.90. The summed E-state index contributed by atoms with van der Waals surface area (Å²) in [7, 11) is 1.83. The summed E-state index contributed by atoms with van der Waals surface area (Å²) >= 11 is 0. The highest BCUT2D eigenvalue weighted by Crippen LogP contribution is 2.30. The average molecular weight is 183 g/mol. The van der Waals surface area contributed by atoms with Crippen molar-refractivity contribution in [3.63, 3.8) is 0 Å². The molecule has 1 heterocycles. The van der Waals surface area contributed by atoms with E-state index < -0.39 is 0 Å². The Kier molecular flexibility index (Phi) is 2.89. The fourth-order valence-corrected chi connectivity index (χ4v) is 2.42. The predicted molar refractivity (Wildman–Crippen MR) is 53.8 cm³/mol. The van der Waals surface area contributed by atoms with Gasteiger partial charge in [0.25, 0.3) is 0 Å². The molecule has 2 fully saturated rings. The Morgan fingerprint density at radius 3 is 2.31 bits per heavy atom. The normalized spacial score (nSPS) is 37.4. The summed E-state index contributed by atoms with van der Waals surface area (Å²) in [4.78, 5) is 2.66. The molecule has 0 aromatic carbocycles. The smallest absolute Gasteiger partial charge is 0.0601 e. The summed E-state index contributed by atoms with van der Waals surface area (Å²) in [5.41, 5.74) is 0. The molecule has 1 aliphatic heterocycles. The van der Waals surface area contributed by atoms with E-state index in [0.29, 0.717) is 6.10 Å². The van der Waals surface area contributed by atoms with Crippen molar-refractivity contribution in [1.29, 1.82) is 0 Å². The fraction of sp³-hybridized carbons (Fsp3) is 1.00. The van der Waals surface area contributed by atoms with Crippen LogP contribution in [0.15, 0.2) is 0 Å². The first-order valence-corrected chi connectivity index (χ1v) is 5.56. The minimum atomic E-state index is 0.560. The fourth-order valence-electron chi connectivity index (χ4n) is 2.42. The molecule has 1 saturated heterocycles. The van der Waals surface area contributed by atoms with E-state index >= 15 is 0 Å². The zero-order valence-electron chi connectivity index (χ0n) is 8.83. The average Bonchev–Trinajstić information content (AvgIpc) is 2.06. The van der Waals surface area contributed by atoms with Gasteiger partial charge in [-0.25, -0.2) is 0 Å². The second-order valence-electron chi connectivity index (χ2n) is 4.70. The summed E-state index contributed by atoms with van der Waals surface area (Å²) in [6, 6.07) is 0.845. The van der Waals surface area contributed by atoms with Gasteiger partial charge in [-0.15, -0.1) is 0 Å². The summed E-state index contributed by atoms with van der Waals surface area (Å²) < 4.78 is 5.30. The van der Waals surface area contributed by atoms with E-state index in [9.17, 15) is 0 Å². The lowest BCUT2D eigenvalue weighted by Crippen LogP contribution is -2.50. The van der Waals surface area contributed by atoms with Crippen molar-refractivity contribution in [3.05, 3.63) is 0 Å². The number of piperidine rings is 1. The Hall–Kier alpha value is -0.0800. The molecule has 1 saturated carbocycles. The van der Waals surface area contributed by atoms with Crippen LogP contribution in [0.1, 0.15) is 32.6 Å². The Morgan fingerprint density at radius 1 is 1.15 bits per heavy atom. The summed E-state index contributed by atoms with van der Waals surface area (Å²) in [5.74, 6) is 0.953. The number of hydrogen-bond acceptors (Lipinski definition) is 2. The number of nitrogens with zero attached hydrogens (tertiary/aromatic N) is 1. The van der Waals surface area contributed by atoms with Crippen LogP contribution in [0, 0.1) is 5.92 Å². The van der Waals surface area contributed by atoms with Gasteiger partial charge in [-0.3, -0.25) is 0 Å². The maximum atomic E-state index is 5.30. The molecular formula is C11H21NO. The van der Waals surface area contributed by atoms with Gasteiger partial charge in [0.15, 0.2) is 0 Å². The minimum Gasteiger partial charge on any atom is -0.381 e. The molecule has 0 atom stereocenters. The van der Waals surface area contributed by atoms with Crippen LogP contribution in [0.2, 0.25) is 0 Å². The molecule has 1 aliphatic carbocycles. The van der Waals surface area contributed by atoms with Gasteiger partial charge in [0.2, 0.25) is 0 Å². The van der Waals surface area contributed by atoms with E-state index in [1.54, 1.807) is 0 Å². The first-order chi connectivity index (χ1) is 6.29. The van der Waals surface area contributed by atoms with Gasteiger partial charge in [-0.1, -0.05) is 6.92 Å². The Morgan fingerprint density at radius 2 is 1.77 bits per heavy atom. The van der Waals surface area contributed by atoms with E-state index in [1.807, 2.05) is 7.11 Å². The van der Waals surface area contributed by atoms with Gasteiger partial charge in [-0.05, 0) is 44.7 Å². The third kappa shape index (κ3) is 2.05. The van der Waals surface area contributed by atoms with Gasteiger partial charge in [0.1, 0.15) is 0 Å². The first kappa shape index (κ1) is 9.47. The molecule has 0 amide bonds. The molecule has 2 aliphatic rings. The monoisotopic (exact) mass is 183 g/mol. The van der Waals surface area contributed by atoms with Crippen LogP contribution in [-0.2, 0) is 4.74 Å². The maximum Gasteiger partial charge on any atom is 0.0601 e. The van der Waals surface area contributed by atoms with E-state index in [4.69, 9.17) is 4.74 Å². The number of likely N-dealkylation sites (tertiary alicyclic amines) is 1. The lowest BCUT2D eigenvalue weighted by atomic mass is 9.85. The minimum absolute atomic E-state index is 0.560. The third-order valence-corrected chi connectivity index (χ3v) is 3.74. The molecule has 0 N–H and O–H groups in total. The highest BCUT2D eigenvalue weighted by molar-refractivity contribution is 4.89. The van der Waals surface area contributed by atoms with Gasteiger partial charge < -0.3 is 9.64 Å². The van der Waals surface area contributed by atoms with E-state index in [1.165, 1.54) is 38.8 Å². The standard InChI is InChI=1S/C11H21NO/c1-9-3-5-12(6-4-9)10-7-11(8-10)13-2/h9-11H,3-8H2,1-2H3. The molecule has 0 bridgehead atoms.